The molecule has 0 amide bonds. The van der Waals surface area contributed by atoms with Crippen LogP contribution in [-0.2, 0) is 0 Å². The van der Waals surface area contributed by atoms with Gasteiger partial charge in [0.2, 0.25) is 0 Å². The molecular weight excluding hydrogens is 931 g/mol. The summed E-state index contributed by atoms with van der Waals surface area (Å²) in [5, 5.41) is 16.5. The van der Waals surface area contributed by atoms with Gasteiger partial charge in [0.05, 0.1) is 25.6 Å². The molecule has 11 aromatic rings. The molecule has 6 heteroatoms. The van der Waals surface area contributed by atoms with Gasteiger partial charge in [-0.3, -0.25) is 9.56 Å². The van der Waals surface area contributed by atoms with Gasteiger partial charge in [-0.2, -0.15) is 0 Å². The maximum absolute atomic E-state index is 5.57. The monoisotopic (exact) mass is 993 g/mol. The second-order valence-electron chi connectivity index (χ2n) is 17.2. The summed E-state index contributed by atoms with van der Waals surface area (Å²) in [5.41, 5.74) is 7.53. The number of thiophene rings is 2. The van der Waals surface area contributed by atoms with Gasteiger partial charge in [0.15, 0.2) is 0 Å². The Morgan fingerprint density at radius 1 is 0.611 bits per heavy atom. The normalized spacial score (nSPS) is 15.5. The zero-order valence-electron chi connectivity index (χ0n) is 42.9. The lowest BCUT2D eigenvalue weighted by Crippen LogP contribution is -2.39. The highest BCUT2D eigenvalue weighted by Crippen LogP contribution is 2.53. The van der Waals surface area contributed by atoms with E-state index in [2.05, 4.69) is 200 Å². The van der Waals surface area contributed by atoms with Crippen LogP contribution in [0.2, 0.25) is 0 Å². The number of hydrogen-bond donors (Lipinski definition) is 1. The Kier molecular flexibility index (Phi) is 15.4. The Bertz CT molecular complexity index is 4010. The second-order valence-corrected chi connectivity index (χ2v) is 20.4. The van der Waals surface area contributed by atoms with Crippen LogP contribution in [0.3, 0.4) is 0 Å². The Hall–Kier alpha value is -6.96. The highest BCUT2D eigenvalue weighted by Gasteiger charge is 2.29. The highest BCUT2D eigenvalue weighted by molar-refractivity contribution is 8.03. The predicted octanol–water partition coefficient (Wildman–Crippen LogP) is 19.2. The first-order chi connectivity index (χ1) is 35.5. The fourth-order valence-electron chi connectivity index (χ4n) is 10.1. The number of hydrogen-bond acceptors (Lipinski definition) is 5. The van der Waals surface area contributed by atoms with Crippen LogP contribution < -0.4 is 15.2 Å². The average Bonchev–Trinajstić information content (AvgIpc) is 4.21. The van der Waals surface area contributed by atoms with Crippen molar-refractivity contribution >= 4 is 119 Å². The van der Waals surface area contributed by atoms with Crippen LogP contribution in [0.25, 0.3) is 85.0 Å². The van der Waals surface area contributed by atoms with E-state index in [0.717, 1.165) is 21.3 Å². The molecule has 13 rings (SSSR count). The molecule has 0 radical (unpaired) electrons. The molecule has 0 bridgehead atoms. The second kappa shape index (κ2) is 22.2. The van der Waals surface area contributed by atoms with Crippen LogP contribution in [0.15, 0.2) is 209 Å². The predicted molar refractivity (Wildman–Crippen MR) is 323 cm³/mol. The molecule has 5 heterocycles. The molecule has 0 saturated carbocycles. The van der Waals surface area contributed by atoms with Crippen LogP contribution in [0.4, 0.5) is 0 Å². The number of para-hydroxylation sites is 1. The van der Waals surface area contributed by atoms with Gasteiger partial charge in [0, 0.05) is 52.0 Å². The Morgan fingerprint density at radius 3 is 2.01 bits per heavy atom. The van der Waals surface area contributed by atoms with E-state index in [1.165, 1.54) is 100 Å². The van der Waals surface area contributed by atoms with Gasteiger partial charge in [-0.25, -0.2) is 0 Å². The summed E-state index contributed by atoms with van der Waals surface area (Å²) in [6.07, 6.45) is 10.0. The molecule has 0 aliphatic carbocycles. The van der Waals surface area contributed by atoms with Crippen molar-refractivity contribution in [3.05, 3.63) is 226 Å². The summed E-state index contributed by atoms with van der Waals surface area (Å²) >= 11 is 5.69. The molecule has 3 aromatic heterocycles. The van der Waals surface area contributed by atoms with E-state index in [1.54, 1.807) is 6.08 Å². The fourth-order valence-corrected chi connectivity index (χ4v) is 13.9. The fraction of sp³-hybridized carbons (Fsp3) is 0.167. The standard InChI is InChI=1S/C55H37N3S3.C4H8.C3H6.2C2H6/c1-3-15-37(51-31(2)35-19-10-13-24-43(35)59-51)34-26-28-38-41(30-34)47-40-22-11-14-25-44(40)60-52(47)50-46(38)39-21-9-12-23-42(39)58(50)55-53-49(56-54(57-55)33-17-5-4-6-18-33)48-36-20-8-7-16-32(36)27-29-45(48)61-53;1-3-4-2;1-3-2;2*1-2/h3-31,54,57H,1-2H3;3-4H,1-2H3;3H,1H2,2H3;2*1-2H3/b15-3-,51-37-;4-3-;;;. The maximum Gasteiger partial charge on any atom is 0.146 e. The smallest absolute Gasteiger partial charge is 0.146 e. The van der Waals surface area contributed by atoms with Crippen LogP contribution >= 0.6 is 34.4 Å². The third kappa shape index (κ3) is 8.70. The van der Waals surface area contributed by atoms with Gasteiger partial charge in [-0.1, -0.05) is 204 Å². The third-order valence-electron chi connectivity index (χ3n) is 13.1. The number of benzene rings is 8. The number of allylic oxidation sites excluding steroid dienone is 7. The third-order valence-corrected chi connectivity index (χ3v) is 16.8. The van der Waals surface area contributed by atoms with E-state index in [0.29, 0.717) is 5.92 Å². The molecule has 360 valence electrons. The van der Waals surface area contributed by atoms with Crippen molar-refractivity contribution in [2.24, 2.45) is 4.99 Å². The van der Waals surface area contributed by atoms with Gasteiger partial charge >= 0.3 is 0 Å². The SMILES string of the molecule is C/C=C\C.C/C=C\C(=C1\Sc2ccccc2C1C)c1ccc2c(c1)c1c3ccccc3sc1c1c2c2ccccc2n1C1=c2sc3ccc4ccccc4c3c2=NC(c2ccccc2)N1.C=CC.CC.CC. The lowest BCUT2D eigenvalue weighted by atomic mass is 9.92. The summed E-state index contributed by atoms with van der Waals surface area (Å²) in [5.74, 6) is 1.41. The van der Waals surface area contributed by atoms with E-state index in [1.807, 2.05) is 95.1 Å². The first kappa shape index (κ1) is 50.0. The molecule has 0 fully saturated rings. The van der Waals surface area contributed by atoms with Crippen LogP contribution in [0.1, 0.15) is 91.1 Å². The topological polar surface area (TPSA) is 29.3 Å². The van der Waals surface area contributed by atoms with Gasteiger partial charge in [0.1, 0.15) is 12.0 Å². The number of nitrogens with zero attached hydrogens (tertiary/aromatic N) is 2. The lowest BCUT2D eigenvalue weighted by Gasteiger charge is -2.23. The average molecular weight is 994 g/mol. The van der Waals surface area contributed by atoms with Crippen LogP contribution in [0, 0.1) is 0 Å². The van der Waals surface area contributed by atoms with E-state index < -0.39 is 0 Å². The number of thioether (sulfide) groups is 1. The molecule has 2 aliphatic heterocycles. The van der Waals surface area contributed by atoms with Crippen molar-refractivity contribution in [1.29, 1.82) is 0 Å². The largest absolute Gasteiger partial charge is 0.345 e. The summed E-state index contributed by atoms with van der Waals surface area (Å²) in [6, 6.07) is 58.2. The molecule has 0 saturated heterocycles. The maximum atomic E-state index is 5.57. The van der Waals surface area contributed by atoms with Crippen molar-refractivity contribution in [2.75, 3.05) is 0 Å². The number of aromatic nitrogens is 1. The van der Waals surface area contributed by atoms with E-state index in [9.17, 15) is 0 Å². The zero-order valence-corrected chi connectivity index (χ0v) is 45.3. The van der Waals surface area contributed by atoms with Crippen LogP contribution in [-0.4, -0.2) is 4.57 Å². The minimum absolute atomic E-state index is 0.266. The van der Waals surface area contributed by atoms with E-state index >= 15 is 0 Å². The molecule has 2 unspecified atom stereocenters. The van der Waals surface area contributed by atoms with Gasteiger partial charge in [0.25, 0.3) is 0 Å². The zero-order chi connectivity index (χ0) is 50.5. The van der Waals surface area contributed by atoms with Crippen molar-refractivity contribution in [3.63, 3.8) is 0 Å². The Morgan fingerprint density at radius 2 is 1.28 bits per heavy atom. The Balaban J connectivity index is 0.000000539. The van der Waals surface area contributed by atoms with E-state index in [-0.39, 0.29) is 6.17 Å². The summed E-state index contributed by atoms with van der Waals surface area (Å²) < 4.78 is 7.56. The van der Waals surface area contributed by atoms with Crippen molar-refractivity contribution in [2.45, 2.75) is 79.3 Å². The minimum atomic E-state index is -0.266. The van der Waals surface area contributed by atoms with Crippen molar-refractivity contribution in [1.82, 2.24) is 9.88 Å². The summed E-state index contributed by atoms with van der Waals surface area (Å²) in [6.45, 7) is 21.7. The van der Waals surface area contributed by atoms with Crippen molar-refractivity contribution < 1.29 is 0 Å². The van der Waals surface area contributed by atoms with Crippen LogP contribution in [0.5, 0.6) is 0 Å². The van der Waals surface area contributed by atoms with Gasteiger partial charge in [-0.05, 0) is 102 Å². The molecule has 2 atom stereocenters. The first-order valence-corrected chi connectivity index (χ1v) is 27.9. The molecule has 72 heavy (non-hydrogen) atoms. The Labute approximate surface area is 437 Å². The highest BCUT2D eigenvalue weighted by atomic mass is 32.2. The molecule has 0 spiro atoms. The van der Waals surface area contributed by atoms with Gasteiger partial charge < -0.3 is 5.32 Å². The minimum Gasteiger partial charge on any atom is -0.345 e. The summed E-state index contributed by atoms with van der Waals surface area (Å²) in [7, 11) is 0. The van der Waals surface area contributed by atoms with E-state index in [4.69, 9.17) is 4.99 Å². The molecular formula is C66H63N3S3. The number of nitrogens with one attached hydrogen (secondary N) is 1. The first-order valence-electron chi connectivity index (χ1n) is 25.4. The molecule has 3 nitrogen and oxygen atoms in total. The number of rotatable bonds is 4. The molecule has 2 aliphatic rings. The lowest BCUT2D eigenvalue weighted by molar-refractivity contribution is 0.622. The molecule has 1 N–H and O–H groups in total. The quantitative estimate of drug-likeness (QED) is 0.178. The van der Waals surface area contributed by atoms with Gasteiger partial charge in [-0.15, -0.1) is 29.3 Å². The molecule has 8 aromatic carbocycles. The van der Waals surface area contributed by atoms with Crippen molar-refractivity contribution in [3.8, 4) is 0 Å². The summed E-state index contributed by atoms with van der Waals surface area (Å²) in [4.78, 5) is 8.34. The number of fused-ring (bicyclic) bond motifs is 16.